The van der Waals surface area contributed by atoms with E-state index in [0.717, 1.165) is 18.8 Å². The van der Waals surface area contributed by atoms with E-state index in [-0.39, 0.29) is 0 Å². The fourth-order valence-electron chi connectivity index (χ4n) is 1.94. The maximum atomic E-state index is 5.46. The smallest absolute Gasteiger partial charge is 0.186 e. The van der Waals surface area contributed by atoms with Crippen molar-refractivity contribution in [3.05, 3.63) is 16.6 Å². The second-order valence-electron chi connectivity index (χ2n) is 4.13. The molecule has 2 N–H and O–H groups in total. The Morgan fingerprint density at radius 3 is 2.81 bits per heavy atom. The molecule has 0 aliphatic carbocycles. The van der Waals surface area contributed by atoms with Crippen LogP contribution in [0.3, 0.4) is 0 Å². The summed E-state index contributed by atoms with van der Waals surface area (Å²) < 4.78 is 0. The molecule has 1 aliphatic rings. The number of anilines is 1. The van der Waals surface area contributed by atoms with Crippen molar-refractivity contribution in [2.45, 2.75) is 26.2 Å². The van der Waals surface area contributed by atoms with Crippen molar-refractivity contribution < 1.29 is 0 Å². The molecule has 88 valence electrons. The summed E-state index contributed by atoms with van der Waals surface area (Å²) in [6.07, 6.45) is 8.03. The molecule has 1 fully saturated rings. The van der Waals surface area contributed by atoms with E-state index in [4.69, 9.17) is 5.73 Å². The number of piperidine rings is 1. The number of hydrogen-bond donors (Lipinski definition) is 1. The number of rotatable bonds is 3. The van der Waals surface area contributed by atoms with Gasteiger partial charge in [-0.25, -0.2) is 4.98 Å². The Hall–Kier alpha value is -0.870. The minimum Gasteiger partial charge on any atom is -0.348 e. The lowest BCUT2D eigenvalue weighted by Crippen LogP contribution is -2.29. The Morgan fingerprint density at radius 1 is 1.38 bits per heavy atom. The van der Waals surface area contributed by atoms with E-state index in [1.165, 1.54) is 29.3 Å². The van der Waals surface area contributed by atoms with Crippen LogP contribution in [0, 0.1) is 6.92 Å². The summed E-state index contributed by atoms with van der Waals surface area (Å²) in [5, 5.41) is 1.17. The first-order chi connectivity index (χ1) is 7.81. The molecule has 1 aromatic rings. The molecule has 0 bridgehead atoms. The van der Waals surface area contributed by atoms with Crippen LogP contribution in [0.5, 0.6) is 0 Å². The first kappa shape index (κ1) is 11.6. The van der Waals surface area contributed by atoms with Crippen molar-refractivity contribution in [1.82, 2.24) is 4.98 Å². The molecule has 0 saturated carbocycles. The van der Waals surface area contributed by atoms with Gasteiger partial charge in [-0.05, 0) is 32.3 Å². The first-order valence-electron chi connectivity index (χ1n) is 5.90. The van der Waals surface area contributed by atoms with Gasteiger partial charge < -0.3 is 10.6 Å². The van der Waals surface area contributed by atoms with Crippen LogP contribution < -0.4 is 10.6 Å². The van der Waals surface area contributed by atoms with Gasteiger partial charge in [-0.3, -0.25) is 0 Å². The average Bonchev–Trinajstić information content (AvgIpc) is 2.69. The van der Waals surface area contributed by atoms with E-state index in [0.29, 0.717) is 6.54 Å². The zero-order chi connectivity index (χ0) is 11.4. The predicted octanol–water partition coefficient (Wildman–Crippen LogP) is 2.41. The summed E-state index contributed by atoms with van der Waals surface area (Å²) in [6.45, 7) is 4.98. The quantitative estimate of drug-likeness (QED) is 0.878. The highest BCUT2D eigenvalue weighted by Crippen LogP contribution is 2.28. The summed E-state index contributed by atoms with van der Waals surface area (Å²) in [4.78, 5) is 8.29. The minimum atomic E-state index is 0.594. The lowest BCUT2D eigenvalue weighted by Gasteiger charge is -2.25. The van der Waals surface area contributed by atoms with Gasteiger partial charge in [0.15, 0.2) is 5.13 Å². The van der Waals surface area contributed by atoms with Gasteiger partial charge in [-0.1, -0.05) is 17.4 Å². The monoisotopic (exact) mass is 237 g/mol. The zero-order valence-electron chi connectivity index (χ0n) is 9.78. The number of aryl methyl sites for hydroxylation is 1. The van der Waals surface area contributed by atoms with Crippen LogP contribution in [0.4, 0.5) is 5.13 Å². The largest absolute Gasteiger partial charge is 0.348 e. The van der Waals surface area contributed by atoms with Crippen molar-refractivity contribution >= 4 is 22.5 Å². The Kier molecular flexibility index (Phi) is 3.96. The molecule has 0 aromatic carbocycles. The fraction of sp³-hybridized carbons (Fsp3) is 0.583. The Morgan fingerprint density at radius 2 is 2.12 bits per heavy atom. The van der Waals surface area contributed by atoms with Gasteiger partial charge in [0, 0.05) is 19.6 Å². The number of nitrogens with zero attached hydrogens (tertiary/aromatic N) is 2. The molecule has 2 heterocycles. The number of hydrogen-bond acceptors (Lipinski definition) is 4. The summed E-state index contributed by atoms with van der Waals surface area (Å²) in [6, 6.07) is 0. The second kappa shape index (κ2) is 5.46. The van der Waals surface area contributed by atoms with E-state index >= 15 is 0 Å². The van der Waals surface area contributed by atoms with Crippen molar-refractivity contribution in [3.8, 4) is 0 Å². The molecular weight excluding hydrogens is 218 g/mol. The lowest BCUT2D eigenvalue weighted by atomic mass is 10.1. The highest BCUT2D eigenvalue weighted by Gasteiger charge is 2.15. The van der Waals surface area contributed by atoms with Crippen LogP contribution in [-0.4, -0.2) is 24.6 Å². The predicted molar refractivity (Wildman–Crippen MR) is 71.0 cm³/mol. The maximum absolute atomic E-state index is 5.46. The normalized spacial score (nSPS) is 17.2. The van der Waals surface area contributed by atoms with Crippen LogP contribution in [0.15, 0.2) is 6.08 Å². The summed E-state index contributed by atoms with van der Waals surface area (Å²) in [5.74, 6) is 0. The number of nitrogens with two attached hydrogens (primary N) is 1. The molecule has 0 spiro atoms. The lowest BCUT2D eigenvalue weighted by molar-refractivity contribution is 0.576. The Balaban J connectivity index is 2.12. The number of aromatic nitrogens is 1. The third kappa shape index (κ3) is 2.62. The van der Waals surface area contributed by atoms with Gasteiger partial charge in [0.05, 0.1) is 10.6 Å². The molecule has 2 rings (SSSR count). The number of thiazole rings is 1. The first-order valence-corrected chi connectivity index (χ1v) is 6.72. The van der Waals surface area contributed by atoms with E-state index in [1.54, 1.807) is 11.3 Å². The maximum Gasteiger partial charge on any atom is 0.186 e. The van der Waals surface area contributed by atoms with Crippen molar-refractivity contribution in [1.29, 1.82) is 0 Å². The topological polar surface area (TPSA) is 42.2 Å². The molecular formula is C12H19N3S. The molecule has 16 heavy (non-hydrogen) atoms. The van der Waals surface area contributed by atoms with Crippen LogP contribution in [0.1, 0.15) is 29.8 Å². The van der Waals surface area contributed by atoms with Gasteiger partial charge in [0.25, 0.3) is 0 Å². The average molecular weight is 237 g/mol. The van der Waals surface area contributed by atoms with E-state index in [2.05, 4.69) is 22.9 Å². The molecule has 0 atom stereocenters. The van der Waals surface area contributed by atoms with Crippen molar-refractivity contribution in [2.75, 3.05) is 24.5 Å². The van der Waals surface area contributed by atoms with Gasteiger partial charge in [0.2, 0.25) is 0 Å². The van der Waals surface area contributed by atoms with Gasteiger partial charge in [-0.2, -0.15) is 0 Å². The Bertz CT molecular complexity index is 364. The second-order valence-corrected chi connectivity index (χ2v) is 5.14. The van der Waals surface area contributed by atoms with Crippen LogP contribution in [0.25, 0.3) is 6.08 Å². The van der Waals surface area contributed by atoms with E-state index in [1.807, 2.05) is 6.08 Å². The summed E-state index contributed by atoms with van der Waals surface area (Å²) in [7, 11) is 0. The molecule has 0 amide bonds. The minimum absolute atomic E-state index is 0.594. The fourth-order valence-corrected chi connectivity index (χ4v) is 2.99. The highest BCUT2D eigenvalue weighted by molar-refractivity contribution is 7.16. The molecule has 0 unspecified atom stereocenters. The SMILES string of the molecule is Cc1nc(N2CCCCC2)sc1C=CCN. The molecule has 3 nitrogen and oxygen atoms in total. The molecule has 1 saturated heterocycles. The van der Waals surface area contributed by atoms with Crippen molar-refractivity contribution in [2.24, 2.45) is 5.73 Å². The molecule has 0 radical (unpaired) electrons. The van der Waals surface area contributed by atoms with Gasteiger partial charge >= 0.3 is 0 Å². The standard InChI is InChI=1S/C12H19N3S/c1-10-11(6-5-7-13)16-12(14-10)15-8-3-2-4-9-15/h5-6H,2-4,7-9,13H2,1H3. The molecule has 4 heteroatoms. The third-order valence-corrected chi connectivity index (χ3v) is 4.04. The third-order valence-electron chi connectivity index (χ3n) is 2.85. The summed E-state index contributed by atoms with van der Waals surface area (Å²) in [5.41, 5.74) is 6.58. The van der Waals surface area contributed by atoms with Crippen LogP contribution >= 0.6 is 11.3 Å². The molecule has 1 aliphatic heterocycles. The molecule has 1 aromatic heterocycles. The van der Waals surface area contributed by atoms with Gasteiger partial charge in [-0.15, -0.1) is 0 Å². The highest BCUT2D eigenvalue weighted by atomic mass is 32.1. The van der Waals surface area contributed by atoms with E-state index < -0.39 is 0 Å². The van der Waals surface area contributed by atoms with Gasteiger partial charge in [0.1, 0.15) is 0 Å². The zero-order valence-corrected chi connectivity index (χ0v) is 10.6. The van der Waals surface area contributed by atoms with Crippen LogP contribution in [-0.2, 0) is 0 Å². The van der Waals surface area contributed by atoms with E-state index in [9.17, 15) is 0 Å². The van der Waals surface area contributed by atoms with Crippen LogP contribution in [0.2, 0.25) is 0 Å². The van der Waals surface area contributed by atoms with Crippen molar-refractivity contribution in [3.63, 3.8) is 0 Å². The summed E-state index contributed by atoms with van der Waals surface area (Å²) >= 11 is 1.78. The Labute approximate surface area is 101 Å².